The Bertz CT molecular complexity index is 1830. The molecule has 0 unspecified atom stereocenters. The number of hydrogen-bond donors (Lipinski definition) is 1. The van der Waals surface area contributed by atoms with Gasteiger partial charge in [0.1, 0.15) is 22.7 Å². The Hall–Kier alpha value is -4.95. The maximum atomic E-state index is 13.6. The van der Waals surface area contributed by atoms with Gasteiger partial charge in [-0.1, -0.05) is 77.2 Å². The van der Waals surface area contributed by atoms with Crippen LogP contribution in [0, 0.1) is 0 Å². The predicted molar refractivity (Wildman–Crippen MR) is 198 cm³/mol. The van der Waals surface area contributed by atoms with Crippen molar-refractivity contribution < 1.29 is 76.5 Å². The lowest BCUT2D eigenvalue weighted by Crippen LogP contribution is -2.63. The lowest BCUT2D eigenvalue weighted by atomic mass is 9.97. The highest BCUT2D eigenvalue weighted by molar-refractivity contribution is 14.1. The van der Waals surface area contributed by atoms with E-state index in [-0.39, 0.29) is 16.7 Å². The number of aliphatic hydroxyl groups excluding tert-OH is 1. The van der Waals surface area contributed by atoms with Gasteiger partial charge in [-0.25, -0.2) is 14.4 Å². The molecule has 0 aliphatic carbocycles. The van der Waals surface area contributed by atoms with Crippen LogP contribution >= 0.6 is 22.6 Å². The topological polar surface area (TPSA) is 206 Å². The van der Waals surface area contributed by atoms with Crippen molar-refractivity contribution in [3.63, 3.8) is 0 Å². The summed E-state index contributed by atoms with van der Waals surface area (Å²) in [4.78, 5) is 76.5. The Morgan fingerprint density at radius 3 is 1.41 bits per heavy atom. The summed E-state index contributed by atoms with van der Waals surface area (Å²) in [5.74, 6) is -4.79. The number of alkyl halides is 1. The molecular formula is C39H39IO16. The fourth-order valence-corrected chi connectivity index (χ4v) is 6.85. The number of benzene rings is 3. The minimum atomic E-state index is -1.96. The third-order valence-electron chi connectivity index (χ3n) is 8.42. The summed E-state index contributed by atoms with van der Waals surface area (Å²) in [6, 6.07) is 23.5. The zero-order valence-corrected chi connectivity index (χ0v) is 32.5. The summed E-state index contributed by atoms with van der Waals surface area (Å²) in [5, 5.41) is 11.4. The Balaban J connectivity index is 1.48. The number of carbonyl (C=O) groups excluding carboxylic acids is 6. The monoisotopic (exact) mass is 890 g/mol. The number of ether oxygens (including phenoxy) is 9. The van der Waals surface area contributed by atoms with Gasteiger partial charge in [0.2, 0.25) is 0 Å². The van der Waals surface area contributed by atoms with Crippen LogP contribution in [-0.4, -0.2) is 113 Å². The number of carbonyl (C=O) groups is 6. The third-order valence-corrected chi connectivity index (χ3v) is 9.72. The van der Waals surface area contributed by atoms with Crippen molar-refractivity contribution >= 4 is 58.4 Å². The van der Waals surface area contributed by atoms with Crippen molar-refractivity contribution in [1.29, 1.82) is 0 Å². The molecule has 0 saturated carbocycles. The van der Waals surface area contributed by atoms with Crippen molar-refractivity contribution in [3.8, 4) is 0 Å². The van der Waals surface area contributed by atoms with Gasteiger partial charge in [-0.3, -0.25) is 14.4 Å². The molecule has 16 nitrogen and oxygen atoms in total. The van der Waals surface area contributed by atoms with E-state index in [1.165, 1.54) is 36.4 Å². The molecular weight excluding hydrogens is 851 g/mol. The molecule has 0 radical (unpaired) electrons. The molecule has 5 rings (SSSR count). The first kappa shape index (κ1) is 42.2. The molecule has 3 aromatic carbocycles. The van der Waals surface area contributed by atoms with E-state index in [2.05, 4.69) is 0 Å². The molecule has 17 heteroatoms. The van der Waals surface area contributed by atoms with Gasteiger partial charge in [0.25, 0.3) is 0 Å². The first-order valence-electron chi connectivity index (χ1n) is 17.3. The zero-order chi connectivity index (χ0) is 40.4. The first-order valence-corrected chi connectivity index (χ1v) is 18.6. The number of rotatable bonds is 13. The first-order chi connectivity index (χ1) is 26.8. The van der Waals surface area contributed by atoms with Crippen LogP contribution in [0.5, 0.6) is 0 Å². The highest BCUT2D eigenvalue weighted by Gasteiger charge is 2.54. The Morgan fingerprint density at radius 2 is 0.946 bits per heavy atom. The number of aliphatic hydroxyl groups is 1. The summed E-state index contributed by atoms with van der Waals surface area (Å²) >= 11 is 1.88. The van der Waals surface area contributed by atoms with Crippen molar-refractivity contribution in [3.05, 3.63) is 108 Å². The second-order valence-electron chi connectivity index (χ2n) is 12.5. The van der Waals surface area contributed by atoms with Crippen molar-refractivity contribution in [1.82, 2.24) is 0 Å². The minimum Gasteiger partial charge on any atom is -0.463 e. The van der Waals surface area contributed by atoms with Gasteiger partial charge in [-0.2, -0.15) is 0 Å². The molecule has 1 N–H and O–H groups in total. The number of halogens is 1. The molecule has 2 heterocycles. The Kier molecular flexibility index (Phi) is 14.9. The van der Waals surface area contributed by atoms with Crippen LogP contribution in [0.1, 0.15) is 51.8 Å². The maximum absolute atomic E-state index is 13.6. The van der Waals surface area contributed by atoms with Gasteiger partial charge < -0.3 is 47.7 Å². The Morgan fingerprint density at radius 1 is 0.536 bits per heavy atom. The fraction of sp³-hybridized carbons (Fsp3) is 0.385. The largest absolute Gasteiger partial charge is 0.463 e. The predicted octanol–water partition coefficient (Wildman–Crippen LogP) is 3.35. The zero-order valence-electron chi connectivity index (χ0n) is 30.3. The normalized spacial score (nSPS) is 27.2. The fourth-order valence-electron chi connectivity index (χ4n) is 5.91. The van der Waals surface area contributed by atoms with E-state index in [1.807, 2.05) is 22.6 Å². The molecule has 3 aromatic rings. The van der Waals surface area contributed by atoms with E-state index in [4.69, 9.17) is 42.6 Å². The van der Waals surface area contributed by atoms with E-state index >= 15 is 0 Å². The summed E-state index contributed by atoms with van der Waals surface area (Å²) < 4.78 is 50.9. The quantitative estimate of drug-likeness (QED) is 0.113. The van der Waals surface area contributed by atoms with Gasteiger partial charge in [0, 0.05) is 20.8 Å². The van der Waals surface area contributed by atoms with Crippen molar-refractivity contribution in [2.24, 2.45) is 0 Å². The van der Waals surface area contributed by atoms with Crippen LogP contribution in [0.4, 0.5) is 0 Å². The molecule has 2 aliphatic rings. The molecule has 0 spiro atoms. The molecule has 2 fully saturated rings. The summed E-state index contributed by atoms with van der Waals surface area (Å²) in [5.41, 5.74) is 0.321. The van der Waals surface area contributed by atoms with Gasteiger partial charge in [0.05, 0.1) is 23.3 Å². The molecule has 0 amide bonds. The van der Waals surface area contributed by atoms with Gasteiger partial charge >= 0.3 is 35.8 Å². The second-order valence-corrected chi connectivity index (χ2v) is 14.0. The van der Waals surface area contributed by atoms with Crippen LogP contribution < -0.4 is 0 Å². The van der Waals surface area contributed by atoms with Gasteiger partial charge in [0.15, 0.2) is 43.1 Å². The highest BCUT2D eigenvalue weighted by Crippen LogP contribution is 2.34. The molecule has 0 bridgehead atoms. The van der Waals surface area contributed by atoms with E-state index in [0.29, 0.717) is 0 Å². The average Bonchev–Trinajstić information content (AvgIpc) is 3.18. The lowest BCUT2D eigenvalue weighted by Gasteiger charge is -2.45. The number of hydrogen-bond acceptors (Lipinski definition) is 16. The molecule has 10 atom stereocenters. The number of esters is 6. The van der Waals surface area contributed by atoms with Crippen molar-refractivity contribution in [2.75, 3.05) is 13.2 Å². The lowest BCUT2D eigenvalue weighted by molar-refractivity contribution is -0.304. The molecule has 298 valence electrons. The van der Waals surface area contributed by atoms with E-state index < -0.39 is 108 Å². The maximum Gasteiger partial charge on any atom is 0.338 e. The smallest absolute Gasteiger partial charge is 0.338 e. The van der Waals surface area contributed by atoms with Crippen LogP contribution in [-0.2, 0) is 57.0 Å². The minimum absolute atomic E-state index is 0.101. The van der Waals surface area contributed by atoms with Crippen LogP contribution in [0.2, 0.25) is 0 Å². The summed E-state index contributed by atoms with van der Waals surface area (Å²) in [6.45, 7) is 2.50. The SMILES string of the molecule is CC(=O)OC[C@H]1O[C@H](OC[C@H]2O[C@H](O)[C@@H](OC(=O)c3ccccc3)[C@@H](OC(=O)c3ccccc3)[C@@H]2OC(=O)c2ccccc2)[C@@H](I)[C@@H](OC(C)=O)[C@@H]1OC(C)=O. The summed E-state index contributed by atoms with van der Waals surface area (Å²) in [6.07, 6.45) is -13.3. The second kappa shape index (κ2) is 19.8. The molecule has 2 saturated heterocycles. The molecule has 56 heavy (non-hydrogen) atoms. The average molecular weight is 891 g/mol. The Labute approximate surface area is 334 Å². The van der Waals surface area contributed by atoms with Crippen molar-refractivity contribution in [2.45, 2.75) is 80.0 Å². The highest BCUT2D eigenvalue weighted by atomic mass is 127. The van der Waals surface area contributed by atoms with E-state index in [1.54, 1.807) is 54.6 Å². The molecule has 2 aliphatic heterocycles. The summed E-state index contributed by atoms with van der Waals surface area (Å²) in [7, 11) is 0. The molecule has 0 aromatic heterocycles. The third kappa shape index (κ3) is 11.1. The van der Waals surface area contributed by atoms with E-state index in [9.17, 15) is 33.9 Å². The van der Waals surface area contributed by atoms with Crippen LogP contribution in [0.25, 0.3) is 0 Å². The van der Waals surface area contributed by atoms with Gasteiger partial charge in [-0.15, -0.1) is 0 Å². The van der Waals surface area contributed by atoms with Crippen LogP contribution in [0.15, 0.2) is 91.0 Å². The van der Waals surface area contributed by atoms with Gasteiger partial charge in [-0.05, 0) is 36.4 Å². The standard InChI is InChI=1S/C39H39IO16/c1-21(41)48-19-28-30(50-22(2)42)32(51-23(3)43)29(40)39(53-28)49-20-27-31(54-35(44)24-13-7-4-8-14-24)33(55-36(45)25-15-9-5-10-16-25)34(38(47)52-27)56-37(46)26-17-11-6-12-18-26/h4-18,27-34,38-39,47H,19-20H2,1-3H3/t27-,28-,29+,30-,31-,32-,33+,34+,38+,39+/m1/s1. The van der Waals surface area contributed by atoms with Crippen LogP contribution in [0.3, 0.4) is 0 Å². The van der Waals surface area contributed by atoms with E-state index in [0.717, 1.165) is 20.8 Å².